The fourth-order valence-electron chi connectivity index (χ4n) is 2.98. The highest BCUT2D eigenvalue weighted by atomic mass is 127. The summed E-state index contributed by atoms with van der Waals surface area (Å²) in [7, 11) is 1.60. The summed E-state index contributed by atoms with van der Waals surface area (Å²) in [4.78, 5) is 14.1. The largest absolute Gasteiger partial charge is 0.493 e. The average molecular weight is 550 g/mol. The second-order valence-corrected chi connectivity index (χ2v) is 9.13. The van der Waals surface area contributed by atoms with Crippen LogP contribution < -0.4 is 14.8 Å². The number of carbonyl (C=O) groups is 1. The molecule has 1 amide bonds. The van der Waals surface area contributed by atoms with Crippen LogP contribution in [0.2, 0.25) is 5.02 Å². The zero-order chi connectivity index (χ0) is 21.1. The Labute approximate surface area is 197 Å². The predicted octanol–water partition coefficient (Wildman–Crippen LogP) is 6.62. The summed E-state index contributed by atoms with van der Waals surface area (Å²) in [5.74, 6) is 1.13. The van der Waals surface area contributed by atoms with Crippen LogP contribution in [0.3, 0.4) is 0 Å². The molecule has 0 unspecified atom stereocenters. The van der Waals surface area contributed by atoms with E-state index in [4.69, 9.17) is 21.1 Å². The Kier molecular flexibility index (Phi) is 6.55. The van der Waals surface area contributed by atoms with Crippen LogP contribution in [0, 0.1) is 3.57 Å². The minimum absolute atomic E-state index is 0.119. The molecule has 0 aliphatic carbocycles. The molecule has 3 aromatic carbocycles. The molecular weight excluding hydrogens is 533 g/mol. The van der Waals surface area contributed by atoms with E-state index in [1.54, 1.807) is 7.11 Å². The minimum Gasteiger partial charge on any atom is -0.493 e. The van der Waals surface area contributed by atoms with E-state index in [1.165, 1.54) is 11.8 Å². The lowest BCUT2D eigenvalue weighted by molar-refractivity contribution is -0.112. The molecule has 1 N–H and O–H groups in total. The van der Waals surface area contributed by atoms with Crippen LogP contribution in [0.1, 0.15) is 11.1 Å². The summed E-state index contributed by atoms with van der Waals surface area (Å²) in [6, 6.07) is 19.2. The zero-order valence-electron chi connectivity index (χ0n) is 15.9. The smallest absolute Gasteiger partial charge is 0.262 e. The van der Waals surface area contributed by atoms with Crippen molar-refractivity contribution < 1.29 is 14.3 Å². The van der Waals surface area contributed by atoms with Crippen molar-refractivity contribution in [3.63, 3.8) is 0 Å². The maximum atomic E-state index is 12.5. The molecule has 4 rings (SSSR count). The second kappa shape index (κ2) is 9.32. The summed E-state index contributed by atoms with van der Waals surface area (Å²) >= 11 is 9.89. The van der Waals surface area contributed by atoms with E-state index in [1.807, 2.05) is 66.7 Å². The molecule has 3 aromatic rings. The molecule has 1 aliphatic rings. The number of anilines is 1. The van der Waals surface area contributed by atoms with E-state index in [0.717, 1.165) is 25.3 Å². The lowest BCUT2D eigenvalue weighted by Crippen LogP contribution is -2.17. The van der Waals surface area contributed by atoms with E-state index in [2.05, 4.69) is 27.9 Å². The fraction of sp³-hybridized carbons (Fsp3) is 0.0870. The number of ether oxygens (including phenoxy) is 2. The van der Waals surface area contributed by atoms with Crippen LogP contribution in [-0.2, 0) is 11.4 Å². The number of halogens is 2. The zero-order valence-corrected chi connectivity index (χ0v) is 19.7. The molecule has 152 valence electrons. The predicted molar refractivity (Wildman–Crippen MR) is 130 cm³/mol. The van der Waals surface area contributed by atoms with Crippen LogP contribution in [0.4, 0.5) is 5.69 Å². The van der Waals surface area contributed by atoms with Crippen molar-refractivity contribution in [1.82, 2.24) is 0 Å². The van der Waals surface area contributed by atoms with Crippen molar-refractivity contribution in [2.24, 2.45) is 0 Å². The summed E-state index contributed by atoms with van der Waals surface area (Å²) < 4.78 is 12.5. The summed E-state index contributed by atoms with van der Waals surface area (Å²) in [5.41, 5.74) is 2.59. The van der Waals surface area contributed by atoms with E-state index in [9.17, 15) is 4.79 Å². The molecule has 0 fully saturated rings. The summed E-state index contributed by atoms with van der Waals surface area (Å²) in [6.07, 6.45) is 1.86. The highest BCUT2D eigenvalue weighted by Crippen LogP contribution is 2.40. The van der Waals surface area contributed by atoms with Gasteiger partial charge in [-0.3, -0.25) is 4.79 Å². The third-order valence-electron chi connectivity index (χ3n) is 4.46. The molecule has 1 aliphatic heterocycles. The number of fused-ring (bicyclic) bond motifs is 1. The number of hydrogen-bond acceptors (Lipinski definition) is 4. The van der Waals surface area contributed by atoms with Gasteiger partial charge in [0, 0.05) is 15.5 Å². The average Bonchev–Trinajstić information content (AvgIpc) is 2.74. The number of methoxy groups -OCH3 is 1. The van der Waals surface area contributed by atoms with Crippen molar-refractivity contribution in [3.05, 3.63) is 85.3 Å². The molecule has 0 spiro atoms. The van der Waals surface area contributed by atoms with E-state index in [0.29, 0.717) is 28.0 Å². The van der Waals surface area contributed by atoms with Gasteiger partial charge in [0.05, 0.1) is 21.3 Å². The molecule has 0 radical (unpaired) electrons. The third kappa shape index (κ3) is 4.61. The van der Waals surface area contributed by atoms with Gasteiger partial charge in [0.1, 0.15) is 6.61 Å². The monoisotopic (exact) mass is 549 g/mol. The number of carbonyl (C=O) groups excluding carboxylic acids is 1. The number of thioether (sulfide) groups is 1. The SMILES string of the molecule is COc1cc(/C=C2\Sc3ccccc3NC2=O)cc(I)c1OCc1ccccc1Cl. The molecule has 30 heavy (non-hydrogen) atoms. The molecule has 0 saturated carbocycles. The first-order chi connectivity index (χ1) is 14.5. The van der Waals surface area contributed by atoms with Crippen LogP contribution in [0.15, 0.2) is 70.5 Å². The Hall–Kier alpha value is -2.16. The van der Waals surface area contributed by atoms with Gasteiger partial charge in [0.15, 0.2) is 11.5 Å². The van der Waals surface area contributed by atoms with Crippen molar-refractivity contribution >= 4 is 63.6 Å². The molecule has 0 bridgehead atoms. The number of rotatable bonds is 5. The first-order valence-electron chi connectivity index (χ1n) is 9.09. The second-order valence-electron chi connectivity index (χ2n) is 6.48. The van der Waals surface area contributed by atoms with Gasteiger partial charge < -0.3 is 14.8 Å². The molecule has 7 heteroatoms. The number of hydrogen-bond donors (Lipinski definition) is 1. The van der Waals surface area contributed by atoms with Crippen LogP contribution in [0.25, 0.3) is 6.08 Å². The quantitative estimate of drug-likeness (QED) is 0.287. The van der Waals surface area contributed by atoms with Crippen molar-refractivity contribution in [1.29, 1.82) is 0 Å². The van der Waals surface area contributed by atoms with Gasteiger partial charge in [-0.15, -0.1) is 0 Å². The maximum absolute atomic E-state index is 12.5. The van der Waals surface area contributed by atoms with E-state index >= 15 is 0 Å². The standard InChI is InChI=1S/C23H17ClINO3S/c1-28-19-11-14(12-21-23(27)26-18-8-4-5-9-20(18)30-21)10-17(25)22(19)29-13-15-6-2-3-7-16(15)24/h2-12H,13H2,1H3,(H,26,27)/b21-12-. The highest BCUT2D eigenvalue weighted by molar-refractivity contribution is 14.1. The molecule has 1 heterocycles. The topological polar surface area (TPSA) is 47.6 Å². The number of para-hydroxylation sites is 1. The van der Waals surface area contributed by atoms with Gasteiger partial charge >= 0.3 is 0 Å². The normalized spacial score (nSPS) is 14.2. The Bertz CT molecular complexity index is 1150. The van der Waals surface area contributed by atoms with Gasteiger partial charge in [-0.25, -0.2) is 0 Å². The molecule has 4 nitrogen and oxygen atoms in total. The summed E-state index contributed by atoms with van der Waals surface area (Å²) in [5, 5.41) is 3.59. The van der Waals surface area contributed by atoms with Gasteiger partial charge in [0.2, 0.25) is 0 Å². The minimum atomic E-state index is -0.119. The van der Waals surface area contributed by atoms with Gasteiger partial charge in [-0.05, 0) is 64.6 Å². The lowest BCUT2D eigenvalue weighted by Gasteiger charge is -2.18. The number of amides is 1. The first-order valence-corrected chi connectivity index (χ1v) is 11.4. The molecular formula is C23H17ClINO3S. The van der Waals surface area contributed by atoms with Crippen LogP contribution in [-0.4, -0.2) is 13.0 Å². The number of benzene rings is 3. The Morgan fingerprint density at radius 1 is 1.13 bits per heavy atom. The molecule has 0 aromatic heterocycles. The fourth-order valence-corrected chi connectivity index (χ4v) is 4.91. The van der Waals surface area contributed by atoms with Crippen molar-refractivity contribution in [2.45, 2.75) is 11.5 Å². The highest BCUT2D eigenvalue weighted by Gasteiger charge is 2.21. The van der Waals surface area contributed by atoms with Gasteiger partial charge in [-0.2, -0.15) is 0 Å². The first kappa shape index (κ1) is 21.1. The summed E-state index contributed by atoms with van der Waals surface area (Å²) in [6.45, 7) is 0.335. The third-order valence-corrected chi connectivity index (χ3v) is 6.73. The van der Waals surface area contributed by atoms with Crippen molar-refractivity contribution in [2.75, 3.05) is 12.4 Å². The lowest BCUT2D eigenvalue weighted by atomic mass is 10.1. The maximum Gasteiger partial charge on any atom is 0.262 e. The van der Waals surface area contributed by atoms with E-state index in [-0.39, 0.29) is 5.91 Å². The Morgan fingerprint density at radius 2 is 1.90 bits per heavy atom. The van der Waals surface area contributed by atoms with Gasteiger partial charge in [-0.1, -0.05) is 53.7 Å². The number of nitrogens with one attached hydrogen (secondary N) is 1. The molecule has 0 saturated heterocycles. The van der Waals surface area contributed by atoms with Gasteiger partial charge in [0.25, 0.3) is 5.91 Å². The Morgan fingerprint density at radius 3 is 2.70 bits per heavy atom. The Balaban J connectivity index is 1.60. The molecule has 0 atom stereocenters. The van der Waals surface area contributed by atoms with Crippen LogP contribution >= 0.6 is 46.0 Å². The van der Waals surface area contributed by atoms with Crippen molar-refractivity contribution in [3.8, 4) is 11.5 Å². The van der Waals surface area contributed by atoms with Crippen LogP contribution in [0.5, 0.6) is 11.5 Å². The van der Waals surface area contributed by atoms with E-state index < -0.39 is 0 Å².